The van der Waals surface area contributed by atoms with Crippen LogP contribution in [0.15, 0.2) is 0 Å². The number of nitrogens with zero attached hydrogens (tertiary/aromatic N) is 2. The summed E-state index contributed by atoms with van der Waals surface area (Å²) >= 11 is 0. The van der Waals surface area contributed by atoms with Crippen LogP contribution in [0.4, 0.5) is 11.5 Å². The molecule has 0 spiro atoms. The van der Waals surface area contributed by atoms with E-state index in [1.165, 1.54) is 12.8 Å². The largest absolute Gasteiger partial charge is 0.479 e. The summed E-state index contributed by atoms with van der Waals surface area (Å²) < 4.78 is 5.18. The summed E-state index contributed by atoms with van der Waals surface area (Å²) in [5, 5.41) is 3.27. The molecule has 0 aliphatic rings. The van der Waals surface area contributed by atoms with Crippen LogP contribution in [0.3, 0.4) is 0 Å². The van der Waals surface area contributed by atoms with Gasteiger partial charge in [0.2, 0.25) is 5.88 Å². The molecule has 0 bridgehead atoms. The van der Waals surface area contributed by atoms with Crippen molar-refractivity contribution < 1.29 is 4.74 Å². The second-order valence-corrected chi connectivity index (χ2v) is 4.30. The minimum absolute atomic E-state index is 0.464. The Morgan fingerprint density at radius 3 is 2.56 bits per heavy atom. The number of rotatable bonds is 8. The molecule has 3 N–H and O–H groups in total. The smallest absolute Gasteiger partial charge is 0.242 e. The van der Waals surface area contributed by atoms with Gasteiger partial charge < -0.3 is 15.8 Å². The fourth-order valence-electron chi connectivity index (χ4n) is 1.70. The van der Waals surface area contributed by atoms with Crippen molar-refractivity contribution in [3.05, 3.63) is 5.82 Å². The highest BCUT2D eigenvalue weighted by Crippen LogP contribution is 2.26. The molecule has 0 aliphatic carbocycles. The third kappa shape index (κ3) is 4.05. The molecule has 1 aromatic rings. The summed E-state index contributed by atoms with van der Waals surface area (Å²) in [6.07, 6.45) is 5.36. The fraction of sp³-hybridized carbons (Fsp3) is 0.692. The molecule has 1 heterocycles. The van der Waals surface area contributed by atoms with Crippen molar-refractivity contribution in [3.63, 3.8) is 0 Å². The molecule has 0 atom stereocenters. The van der Waals surface area contributed by atoms with E-state index in [2.05, 4.69) is 29.1 Å². The van der Waals surface area contributed by atoms with Gasteiger partial charge in [0, 0.05) is 13.0 Å². The zero-order valence-electron chi connectivity index (χ0n) is 11.6. The van der Waals surface area contributed by atoms with Crippen LogP contribution in [-0.2, 0) is 6.42 Å². The van der Waals surface area contributed by atoms with Crippen LogP contribution in [0.5, 0.6) is 5.88 Å². The summed E-state index contributed by atoms with van der Waals surface area (Å²) in [5.41, 5.74) is 6.46. The number of unbranched alkanes of at least 4 members (excludes halogenated alkanes) is 2. The van der Waals surface area contributed by atoms with Crippen LogP contribution in [0, 0.1) is 0 Å². The molecule has 0 unspecified atom stereocenters. The lowest BCUT2D eigenvalue weighted by atomic mass is 10.2. The first-order valence-corrected chi connectivity index (χ1v) is 6.67. The number of nitrogens with two attached hydrogens (primary N) is 1. The lowest BCUT2D eigenvalue weighted by molar-refractivity contribution is 0.397. The minimum atomic E-state index is 0.464. The maximum atomic E-state index is 5.96. The number of anilines is 2. The average molecular weight is 252 g/mol. The van der Waals surface area contributed by atoms with Crippen molar-refractivity contribution >= 4 is 11.5 Å². The van der Waals surface area contributed by atoms with E-state index in [-0.39, 0.29) is 0 Å². The van der Waals surface area contributed by atoms with E-state index in [1.54, 1.807) is 7.11 Å². The molecule has 0 fully saturated rings. The van der Waals surface area contributed by atoms with Crippen LogP contribution in [0.2, 0.25) is 0 Å². The molecular formula is C13H24N4O. The van der Waals surface area contributed by atoms with Gasteiger partial charge >= 0.3 is 0 Å². The summed E-state index contributed by atoms with van der Waals surface area (Å²) in [4.78, 5) is 8.73. The van der Waals surface area contributed by atoms with Crippen LogP contribution in [0.1, 0.15) is 45.4 Å². The number of ether oxygens (including phenoxy) is 1. The van der Waals surface area contributed by atoms with E-state index < -0.39 is 0 Å². The Balaban J connectivity index is 2.77. The minimum Gasteiger partial charge on any atom is -0.479 e. The summed E-state index contributed by atoms with van der Waals surface area (Å²) in [6.45, 7) is 5.16. The Labute approximate surface area is 109 Å². The topological polar surface area (TPSA) is 73.1 Å². The maximum absolute atomic E-state index is 5.96. The van der Waals surface area contributed by atoms with Gasteiger partial charge in [0.15, 0.2) is 5.82 Å². The lowest BCUT2D eigenvalue weighted by Gasteiger charge is -2.12. The van der Waals surface area contributed by atoms with Gasteiger partial charge in [-0.2, -0.15) is 4.98 Å². The first-order valence-electron chi connectivity index (χ1n) is 6.67. The van der Waals surface area contributed by atoms with Crippen molar-refractivity contribution in [2.75, 3.05) is 24.7 Å². The van der Waals surface area contributed by atoms with Crippen molar-refractivity contribution in [1.29, 1.82) is 0 Å². The van der Waals surface area contributed by atoms with Crippen LogP contribution in [-0.4, -0.2) is 23.6 Å². The molecule has 0 radical (unpaired) electrons. The van der Waals surface area contributed by atoms with E-state index in [9.17, 15) is 0 Å². The number of aryl methyl sites for hydroxylation is 1. The molecule has 0 aromatic carbocycles. The molecule has 5 nitrogen and oxygen atoms in total. The van der Waals surface area contributed by atoms with Crippen molar-refractivity contribution in [1.82, 2.24) is 9.97 Å². The Morgan fingerprint density at radius 2 is 1.94 bits per heavy atom. The number of hydrogen-bond donors (Lipinski definition) is 2. The molecule has 0 saturated heterocycles. The molecule has 0 saturated carbocycles. The Hall–Kier alpha value is -1.52. The molecular weight excluding hydrogens is 228 g/mol. The zero-order valence-corrected chi connectivity index (χ0v) is 11.6. The van der Waals surface area contributed by atoms with Gasteiger partial charge in [-0.05, 0) is 12.8 Å². The predicted octanol–water partition coefficient (Wildman–Crippen LogP) is 2.62. The third-order valence-electron chi connectivity index (χ3n) is 2.70. The predicted molar refractivity (Wildman–Crippen MR) is 75.0 cm³/mol. The fourth-order valence-corrected chi connectivity index (χ4v) is 1.70. The van der Waals surface area contributed by atoms with Crippen LogP contribution >= 0.6 is 0 Å². The Morgan fingerprint density at radius 1 is 1.17 bits per heavy atom. The quantitative estimate of drug-likeness (QED) is 0.696. The molecule has 102 valence electrons. The number of nitrogens with one attached hydrogen (secondary N) is 1. The SMILES string of the molecule is CCCCCNc1nc(CCC)nc(OC)c1N. The van der Waals surface area contributed by atoms with Gasteiger partial charge in [0.05, 0.1) is 7.11 Å². The van der Waals surface area contributed by atoms with Gasteiger partial charge in [-0.15, -0.1) is 0 Å². The normalized spacial score (nSPS) is 10.4. The highest BCUT2D eigenvalue weighted by Gasteiger charge is 2.11. The summed E-state index contributed by atoms with van der Waals surface area (Å²) in [5.74, 6) is 1.94. The van der Waals surface area contributed by atoms with Gasteiger partial charge in [-0.3, -0.25) is 0 Å². The molecule has 1 rings (SSSR count). The van der Waals surface area contributed by atoms with E-state index in [4.69, 9.17) is 10.5 Å². The van der Waals surface area contributed by atoms with Crippen molar-refractivity contribution in [2.45, 2.75) is 46.0 Å². The summed E-state index contributed by atoms with van der Waals surface area (Å²) in [6, 6.07) is 0. The zero-order chi connectivity index (χ0) is 13.4. The second kappa shape index (κ2) is 7.74. The summed E-state index contributed by atoms with van der Waals surface area (Å²) in [7, 11) is 1.58. The lowest BCUT2D eigenvalue weighted by Crippen LogP contribution is -2.10. The first kappa shape index (κ1) is 14.5. The van der Waals surface area contributed by atoms with Crippen LogP contribution < -0.4 is 15.8 Å². The highest BCUT2D eigenvalue weighted by atomic mass is 16.5. The number of aromatic nitrogens is 2. The standard InChI is InChI=1S/C13H24N4O/c1-4-6-7-9-15-12-11(14)13(18-3)17-10(16-12)8-5-2/h4-9,14H2,1-3H3,(H,15,16,17). The third-order valence-corrected chi connectivity index (χ3v) is 2.70. The van der Waals surface area contributed by atoms with Crippen molar-refractivity contribution in [3.8, 4) is 5.88 Å². The number of hydrogen-bond acceptors (Lipinski definition) is 5. The molecule has 1 aromatic heterocycles. The average Bonchev–Trinajstić information content (AvgIpc) is 2.38. The Kier molecular flexibility index (Phi) is 6.25. The van der Waals surface area contributed by atoms with E-state index in [1.807, 2.05) is 0 Å². The first-order chi connectivity index (χ1) is 8.72. The molecule has 0 amide bonds. The van der Waals surface area contributed by atoms with Gasteiger partial charge in [0.1, 0.15) is 11.5 Å². The number of methoxy groups -OCH3 is 1. The van der Waals surface area contributed by atoms with E-state index in [0.29, 0.717) is 17.4 Å². The maximum Gasteiger partial charge on any atom is 0.242 e. The van der Waals surface area contributed by atoms with E-state index >= 15 is 0 Å². The monoisotopic (exact) mass is 252 g/mol. The second-order valence-electron chi connectivity index (χ2n) is 4.30. The molecule has 0 aliphatic heterocycles. The highest BCUT2D eigenvalue weighted by molar-refractivity contribution is 5.66. The number of nitrogen functional groups attached to an aromatic ring is 1. The van der Waals surface area contributed by atoms with Crippen molar-refractivity contribution in [2.24, 2.45) is 0 Å². The van der Waals surface area contributed by atoms with Gasteiger partial charge in [0.25, 0.3) is 0 Å². The van der Waals surface area contributed by atoms with Crippen LogP contribution in [0.25, 0.3) is 0 Å². The molecule has 18 heavy (non-hydrogen) atoms. The van der Waals surface area contributed by atoms with Gasteiger partial charge in [-0.1, -0.05) is 26.7 Å². The van der Waals surface area contributed by atoms with Gasteiger partial charge in [-0.25, -0.2) is 4.98 Å². The molecule has 5 heteroatoms. The Bertz CT molecular complexity index is 368. The van der Waals surface area contributed by atoms with E-state index in [0.717, 1.165) is 31.6 Å².